The van der Waals surface area contributed by atoms with Crippen LogP contribution < -0.4 is 9.47 Å². The number of nitro benzene ring substituents is 1. The molecule has 0 saturated heterocycles. The Bertz CT molecular complexity index is 965. The SMILES string of the molecule is CC1(C)Cc2cccc(Oc3ccc(S(C)(=O)=O)cc3[N+](=O)[O-])c2O1. The summed E-state index contributed by atoms with van der Waals surface area (Å²) < 4.78 is 34.8. The zero-order chi connectivity index (χ0) is 18.4. The van der Waals surface area contributed by atoms with Crippen LogP contribution in [-0.4, -0.2) is 25.2 Å². The van der Waals surface area contributed by atoms with E-state index in [1.165, 1.54) is 12.1 Å². The van der Waals surface area contributed by atoms with Gasteiger partial charge in [-0.25, -0.2) is 8.42 Å². The number of fused-ring (bicyclic) bond motifs is 1. The first-order chi connectivity index (χ1) is 11.6. The Morgan fingerprint density at radius 1 is 1.20 bits per heavy atom. The van der Waals surface area contributed by atoms with Gasteiger partial charge in [-0.3, -0.25) is 10.1 Å². The first-order valence-electron chi connectivity index (χ1n) is 7.54. The molecule has 0 spiro atoms. The molecule has 0 atom stereocenters. The maximum absolute atomic E-state index is 11.6. The molecule has 0 amide bonds. The normalized spacial score (nSPS) is 15.3. The molecule has 2 aromatic carbocycles. The molecular weight excluding hydrogens is 346 g/mol. The van der Waals surface area contributed by atoms with Gasteiger partial charge >= 0.3 is 5.69 Å². The number of hydrogen-bond donors (Lipinski definition) is 0. The van der Waals surface area contributed by atoms with E-state index in [1.54, 1.807) is 12.1 Å². The van der Waals surface area contributed by atoms with Crippen molar-refractivity contribution >= 4 is 15.5 Å². The maximum atomic E-state index is 11.6. The number of hydrogen-bond acceptors (Lipinski definition) is 6. The lowest BCUT2D eigenvalue weighted by Gasteiger charge is -2.18. The van der Waals surface area contributed by atoms with Crippen molar-refractivity contribution in [3.63, 3.8) is 0 Å². The summed E-state index contributed by atoms with van der Waals surface area (Å²) in [6.07, 6.45) is 1.70. The summed E-state index contributed by atoms with van der Waals surface area (Å²) in [6, 6.07) is 8.93. The van der Waals surface area contributed by atoms with Crippen LogP contribution in [0.15, 0.2) is 41.3 Å². The fourth-order valence-electron chi connectivity index (χ4n) is 2.74. The van der Waals surface area contributed by atoms with Crippen molar-refractivity contribution in [1.82, 2.24) is 0 Å². The molecular formula is C17H17NO6S. The van der Waals surface area contributed by atoms with E-state index in [4.69, 9.17) is 9.47 Å². The Morgan fingerprint density at radius 2 is 1.92 bits per heavy atom. The van der Waals surface area contributed by atoms with Gasteiger partial charge in [0.1, 0.15) is 5.60 Å². The molecule has 0 unspecified atom stereocenters. The van der Waals surface area contributed by atoms with Crippen molar-refractivity contribution in [2.75, 3.05) is 6.26 Å². The zero-order valence-electron chi connectivity index (χ0n) is 14.0. The van der Waals surface area contributed by atoms with Crippen molar-refractivity contribution < 1.29 is 22.8 Å². The third kappa shape index (κ3) is 3.43. The van der Waals surface area contributed by atoms with Gasteiger partial charge in [-0.15, -0.1) is 0 Å². The van der Waals surface area contributed by atoms with Gasteiger partial charge < -0.3 is 9.47 Å². The Kier molecular flexibility index (Phi) is 3.95. The number of rotatable bonds is 4. The van der Waals surface area contributed by atoms with Gasteiger partial charge in [-0.1, -0.05) is 12.1 Å². The summed E-state index contributed by atoms with van der Waals surface area (Å²) in [7, 11) is -3.56. The maximum Gasteiger partial charge on any atom is 0.312 e. The molecule has 0 fully saturated rings. The lowest BCUT2D eigenvalue weighted by molar-refractivity contribution is -0.385. The quantitative estimate of drug-likeness (QED) is 0.609. The number of nitrogens with zero attached hydrogens (tertiary/aromatic N) is 1. The third-order valence-corrected chi connectivity index (χ3v) is 4.94. The van der Waals surface area contributed by atoms with Crippen molar-refractivity contribution in [3.8, 4) is 17.2 Å². The van der Waals surface area contributed by atoms with Crippen LogP contribution >= 0.6 is 0 Å². The molecule has 0 radical (unpaired) electrons. The predicted molar refractivity (Wildman–Crippen MR) is 91.1 cm³/mol. The van der Waals surface area contributed by atoms with Crippen LogP contribution in [0.1, 0.15) is 19.4 Å². The van der Waals surface area contributed by atoms with E-state index in [2.05, 4.69) is 0 Å². The third-order valence-electron chi connectivity index (χ3n) is 3.83. The van der Waals surface area contributed by atoms with E-state index < -0.39 is 20.4 Å². The summed E-state index contributed by atoms with van der Waals surface area (Å²) in [5.41, 5.74) is 0.157. The van der Waals surface area contributed by atoms with Crippen LogP contribution in [0.4, 0.5) is 5.69 Å². The topological polar surface area (TPSA) is 95.7 Å². The molecule has 2 aromatic rings. The molecule has 1 aliphatic heterocycles. The number of sulfone groups is 1. The summed E-state index contributed by atoms with van der Waals surface area (Å²) in [5, 5.41) is 11.3. The van der Waals surface area contributed by atoms with Crippen LogP contribution in [0.2, 0.25) is 0 Å². The van der Waals surface area contributed by atoms with Gasteiger partial charge in [0.2, 0.25) is 5.75 Å². The molecule has 0 saturated carbocycles. The first-order valence-corrected chi connectivity index (χ1v) is 9.43. The van der Waals surface area contributed by atoms with Crippen LogP contribution in [0.5, 0.6) is 17.2 Å². The molecule has 1 aliphatic rings. The Morgan fingerprint density at radius 3 is 2.56 bits per heavy atom. The minimum Gasteiger partial charge on any atom is -0.483 e. The molecule has 25 heavy (non-hydrogen) atoms. The summed E-state index contributed by atoms with van der Waals surface area (Å²) in [5.74, 6) is 0.867. The Hall–Kier alpha value is -2.61. The van der Waals surface area contributed by atoms with E-state index in [0.29, 0.717) is 17.9 Å². The molecule has 1 heterocycles. The minimum absolute atomic E-state index is 0.0425. The predicted octanol–water partition coefficient (Wildman–Crippen LogP) is 3.50. The van der Waals surface area contributed by atoms with E-state index in [1.807, 2.05) is 19.9 Å². The lowest BCUT2D eigenvalue weighted by atomic mass is 10.0. The standard InChI is InChI=1S/C17H17NO6S/c1-17(2)10-11-5-4-6-15(16(11)24-17)23-14-8-7-12(25(3,21)22)9-13(14)18(19)20/h4-9H,10H2,1-3H3. The van der Waals surface area contributed by atoms with Gasteiger partial charge in [0, 0.05) is 24.3 Å². The summed E-state index contributed by atoms with van der Waals surface area (Å²) in [6.45, 7) is 3.89. The van der Waals surface area contributed by atoms with E-state index in [0.717, 1.165) is 17.9 Å². The minimum atomic E-state index is -3.56. The zero-order valence-corrected chi connectivity index (χ0v) is 14.8. The monoisotopic (exact) mass is 363 g/mol. The van der Waals surface area contributed by atoms with Gasteiger partial charge in [-0.05, 0) is 32.0 Å². The number of ether oxygens (including phenoxy) is 2. The molecule has 7 nitrogen and oxygen atoms in total. The highest BCUT2D eigenvalue weighted by Crippen LogP contribution is 2.44. The van der Waals surface area contributed by atoms with Crippen molar-refractivity contribution in [2.45, 2.75) is 30.8 Å². The van der Waals surface area contributed by atoms with Crippen LogP contribution in [0.3, 0.4) is 0 Å². The van der Waals surface area contributed by atoms with Crippen LogP contribution in [0, 0.1) is 10.1 Å². The van der Waals surface area contributed by atoms with Crippen LogP contribution in [-0.2, 0) is 16.3 Å². The molecule has 0 aliphatic carbocycles. The molecule has 0 aromatic heterocycles. The molecule has 8 heteroatoms. The second-order valence-electron chi connectivity index (χ2n) is 6.54. The second kappa shape index (κ2) is 5.73. The molecule has 132 valence electrons. The fraction of sp³-hybridized carbons (Fsp3) is 0.294. The summed E-state index contributed by atoms with van der Waals surface area (Å²) in [4.78, 5) is 10.5. The fourth-order valence-corrected chi connectivity index (χ4v) is 3.38. The van der Waals surface area contributed by atoms with E-state index in [-0.39, 0.29) is 16.2 Å². The highest BCUT2D eigenvalue weighted by Gasteiger charge is 2.33. The molecule has 0 N–H and O–H groups in total. The average molecular weight is 363 g/mol. The Balaban J connectivity index is 2.03. The molecule has 0 bridgehead atoms. The largest absolute Gasteiger partial charge is 0.483 e. The van der Waals surface area contributed by atoms with Gasteiger partial charge in [0.05, 0.1) is 9.82 Å². The highest BCUT2D eigenvalue weighted by atomic mass is 32.2. The smallest absolute Gasteiger partial charge is 0.312 e. The second-order valence-corrected chi connectivity index (χ2v) is 8.56. The Labute approximate surface area is 145 Å². The van der Waals surface area contributed by atoms with Crippen molar-refractivity contribution in [2.24, 2.45) is 0 Å². The number of benzene rings is 2. The van der Waals surface area contributed by atoms with E-state index in [9.17, 15) is 18.5 Å². The van der Waals surface area contributed by atoms with Gasteiger partial charge in [0.25, 0.3) is 0 Å². The van der Waals surface area contributed by atoms with E-state index >= 15 is 0 Å². The first kappa shape index (κ1) is 17.2. The lowest BCUT2D eigenvalue weighted by Crippen LogP contribution is -2.24. The summed E-state index contributed by atoms with van der Waals surface area (Å²) >= 11 is 0. The average Bonchev–Trinajstić information content (AvgIpc) is 2.81. The van der Waals surface area contributed by atoms with Gasteiger partial charge in [0.15, 0.2) is 21.3 Å². The number of para-hydroxylation sites is 1. The van der Waals surface area contributed by atoms with Crippen molar-refractivity contribution in [1.29, 1.82) is 0 Å². The number of nitro groups is 1. The van der Waals surface area contributed by atoms with Crippen LogP contribution in [0.25, 0.3) is 0 Å². The van der Waals surface area contributed by atoms with Gasteiger partial charge in [-0.2, -0.15) is 0 Å². The highest BCUT2D eigenvalue weighted by molar-refractivity contribution is 7.90. The van der Waals surface area contributed by atoms with Crippen molar-refractivity contribution in [3.05, 3.63) is 52.1 Å². The molecule has 3 rings (SSSR count).